The molecule has 21 heavy (non-hydrogen) atoms. The fourth-order valence-corrected chi connectivity index (χ4v) is 2.56. The lowest BCUT2D eigenvalue weighted by Crippen LogP contribution is -2.18. The number of unbranched alkanes of at least 4 members (excludes halogenated alkanes) is 7. The summed E-state index contributed by atoms with van der Waals surface area (Å²) in [7, 11) is -3.54. The summed E-state index contributed by atoms with van der Waals surface area (Å²) in [6, 6.07) is 0. The molecule has 0 fully saturated rings. The molecule has 0 radical (unpaired) electrons. The minimum Gasteiger partial charge on any atom is -0.379 e. The summed E-state index contributed by atoms with van der Waals surface area (Å²) >= 11 is 0. The van der Waals surface area contributed by atoms with Crippen molar-refractivity contribution in [3.8, 4) is 0 Å². The van der Waals surface area contributed by atoms with Crippen LogP contribution >= 0.6 is 7.60 Å². The number of rotatable bonds is 13. The highest BCUT2D eigenvalue weighted by Crippen LogP contribution is 2.54. The monoisotopic (exact) mass is 322 g/mol. The van der Waals surface area contributed by atoms with Crippen LogP contribution in [0.1, 0.15) is 79.1 Å². The van der Waals surface area contributed by atoms with Gasteiger partial charge < -0.3 is 14.2 Å². The van der Waals surface area contributed by atoms with Crippen molar-refractivity contribution in [3.63, 3.8) is 0 Å². The van der Waals surface area contributed by atoms with Crippen molar-refractivity contribution in [3.05, 3.63) is 0 Å². The van der Waals surface area contributed by atoms with Gasteiger partial charge in [-0.2, -0.15) is 0 Å². The van der Waals surface area contributed by atoms with Gasteiger partial charge in [0.15, 0.2) is 0 Å². The van der Waals surface area contributed by atoms with Gasteiger partial charge in [0.1, 0.15) is 0 Å². The van der Waals surface area contributed by atoms with Gasteiger partial charge in [0.05, 0.1) is 18.4 Å². The third-order valence-corrected chi connectivity index (χ3v) is 5.71. The van der Waals surface area contributed by atoms with E-state index in [0.29, 0.717) is 13.2 Å². The van der Waals surface area contributed by atoms with Gasteiger partial charge in [0, 0.05) is 6.61 Å². The molecule has 4 nitrogen and oxygen atoms in total. The molecule has 5 heteroatoms. The van der Waals surface area contributed by atoms with E-state index in [4.69, 9.17) is 9.26 Å². The van der Waals surface area contributed by atoms with Crippen molar-refractivity contribution in [2.75, 3.05) is 19.8 Å². The maximum absolute atomic E-state index is 11.8. The summed E-state index contributed by atoms with van der Waals surface area (Å²) in [6.45, 7) is 8.63. The van der Waals surface area contributed by atoms with Crippen molar-refractivity contribution < 1.29 is 18.7 Å². The Balaban J connectivity index is 3.32. The highest BCUT2D eigenvalue weighted by molar-refractivity contribution is 7.54. The largest absolute Gasteiger partial charge is 0.379 e. The third kappa shape index (κ3) is 11.3. The highest BCUT2D eigenvalue weighted by atomic mass is 31.2. The van der Waals surface area contributed by atoms with Crippen LogP contribution in [0.2, 0.25) is 0 Å². The first-order chi connectivity index (χ1) is 9.81. The van der Waals surface area contributed by atoms with Crippen LogP contribution in [0.4, 0.5) is 0 Å². The zero-order valence-corrected chi connectivity index (χ0v) is 15.3. The normalized spacial score (nSPS) is 15.1. The number of hydrogen-bond donors (Lipinski definition) is 1. The van der Waals surface area contributed by atoms with Crippen LogP contribution in [0.5, 0.6) is 0 Å². The van der Waals surface area contributed by atoms with E-state index in [1.54, 1.807) is 20.8 Å². The van der Waals surface area contributed by atoms with Crippen LogP contribution in [0.15, 0.2) is 0 Å². The average molecular weight is 322 g/mol. The zero-order valence-electron chi connectivity index (χ0n) is 14.4. The minimum absolute atomic E-state index is 0.183. The van der Waals surface area contributed by atoms with Crippen molar-refractivity contribution in [1.82, 2.24) is 0 Å². The molecule has 0 aliphatic heterocycles. The van der Waals surface area contributed by atoms with E-state index >= 15 is 0 Å². The molecule has 0 aromatic rings. The van der Waals surface area contributed by atoms with Gasteiger partial charge in [-0.15, -0.1) is 0 Å². The molecule has 0 spiro atoms. The summed E-state index contributed by atoms with van der Waals surface area (Å²) in [5, 5.41) is -0.731. The number of hydrogen-bond acceptors (Lipinski definition) is 3. The highest BCUT2D eigenvalue weighted by Gasteiger charge is 2.35. The minimum atomic E-state index is -3.54. The summed E-state index contributed by atoms with van der Waals surface area (Å²) in [4.78, 5) is 9.69. The SMILES string of the molecule is CCCCCCCCCCOCCOP(=O)(O)C(C)(C)C. The third-order valence-electron chi connectivity index (χ3n) is 3.48. The van der Waals surface area contributed by atoms with E-state index in [2.05, 4.69) is 6.92 Å². The molecule has 0 aromatic heterocycles. The topological polar surface area (TPSA) is 55.8 Å². The van der Waals surface area contributed by atoms with E-state index in [1.165, 1.54) is 44.9 Å². The van der Waals surface area contributed by atoms with Gasteiger partial charge in [-0.3, -0.25) is 4.57 Å². The second-order valence-corrected chi connectivity index (χ2v) is 9.25. The maximum atomic E-state index is 11.8. The van der Waals surface area contributed by atoms with Crippen LogP contribution in [0.3, 0.4) is 0 Å². The predicted octanol–water partition coefficient (Wildman–Crippen LogP) is 5.14. The lowest BCUT2D eigenvalue weighted by atomic mass is 10.1. The van der Waals surface area contributed by atoms with E-state index in [-0.39, 0.29) is 6.61 Å². The van der Waals surface area contributed by atoms with Gasteiger partial charge in [-0.25, -0.2) is 0 Å². The standard InChI is InChI=1S/C16H35O4P/c1-5-6-7-8-9-10-11-12-13-19-14-15-20-21(17,18)16(2,3)4/h5-15H2,1-4H3,(H,17,18). The van der Waals surface area contributed by atoms with Gasteiger partial charge in [-0.1, -0.05) is 51.9 Å². The molecule has 0 aliphatic rings. The summed E-state index contributed by atoms with van der Waals surface area (Å²) < 4.78 is 22.3. The van der Waals surface area contributed by atoms with Crippen molar-refractivity contribution in [2.45, 2.75) is 84.2 Å². The maximum Gasteiger partial charge on any atom is 0.333 e. The molecule has 1 unspecified atom stereocenters. The fraction of sp³-hybridized carbons (Fsp3) is 1.00. The Kier molecular flexibility index (Phi) is 11.7. The first kappa shape index (κ1) is 21.1. The van der Waals surface area contributed by atoms with Gasteiger partial charge in [-0.05, 0) is 27.2 Å². The molecule has 1 N–H and O–H groups in total. The first-order valence-corrected chi connectivity index (χ1v) is 9.94. The summed E-state index contributed by atoms with van der Waals surface area (Å²) in [6.07, 6.45) is 10.2. The van der Waals surface area contributed by atoms with Crippen molar-refractivity contribution >= 4 is 7.60 Å². The van der Waals surface area contributed by atoms with E-state index in [9.17, 15) is 9.46 Å². The van der Waals surface area contributed by atoms with E-state index in [1.807, 2.05) is 0 Å². The predicted molar refractivity (Wildman–Crippen MR) is 89.0 cm³/mol. The average Bonchev–Trinajstić information content (AvgIpc) is 2.38. The molecule has 0 saturated carbocycles. The first-order valence-electron chi connectivity index (χ1n) is 8.36. The molecule has 0 heterocycles. The van der Waals surface area contributed by atoms with Crippen LogP contribution in [-0.4, -0.2) is 29.9 Å². The van der Waals surface area contributed by atoms with E-state index < -0.39 is 12.8 Å². The quantitative estimate of drug-likeness (QED) is 0.376. The van der Waals surface area contributed by atoms with Crippen LogP contribution in [0, 0.1) is 0 Å². The second-order valence-electron chi connectivity index (χ2n) is 6.61. The molecule has 0 bridgehead atoms. The molecule has 0 aliphatic carbocycles. The van der Waals surface area contributed by atoms with Gasteiger partial charge in [0.25, 0.3) is 0 Å². The molecule has 128 valence electrons. The lowest BCUT2D eigenvalue weighted by Gasteiger charge is -2.24. The molecule has 0 amide bonds. The Labute approximate surface area is 131 Å². The molecule has 0 saturated heterocycles. The van der Waals surface area contributed by atoms with Gasteiger partial charge in [0.2, 0.25) is 0 Å². The zero-order chi connectivity index (χ0) is 16.2. The Morgan fingerprint density at radius 2 is 1.38 bits per heavy atom. The molecule has 1 atom stereocenters. The second kappa shape index (κ2) is 11.6. The molecule has 0 aromatic carbocycles. The van der Waals surface area contributed by atoms with Crippen LogP contribution < -0.4 is 0 Å². The Bertz CT molecular complexity index is 286. The van der Waals surface area contributed by atoms with Crippen LogP contribution in [0.25, 0.3) is 0 Å². The van der Waals surface area contributed by atoms with Crippen molar-refractivity contribution in [1.29, 1.82) is 0 Å². The lowest BCUT2D eigenvalue weighted by molar-refractivity contribution is 0.0904. The molecular weight excluding hydrogens is 287 g/mol. The Morgan fingerprint density at radius 3 is 1.90 bits per heavy atom. The van der Waals surface area contributed by atoms with Crippen LogP contribution in [-0.2, 0) is 13.8 Å². The Morgan fingerprint density at radius 1 is 0.857 bits per heavy atom. The van der Waals surface area contributed by atoms with Crippen molar-refractivity contribution in [2.24, 2.45) is 0 Å². The smallest absolute Gasteiger partial charge is 0.333 e. The van der Waals surface area contributed by atoms with E-state index in [0.717, 1.165) is 6.42 Å². The summed E-state index contributed by atoms with van der Waals surface area (Å²) in [5.41, 5.74) is 0. The fourth-order valence-electron chi connectivity index (χ4n) is 1.85. The molecular formula is C16H35O4P. The Hall–Kier alpha value is 0.110. The molecule has 0 rings (SSSR count). The van der Waals surface area contributed by atoms with Gasteiger partial charge >= 0.3 is 7.60 Å². The summed E-state index contributed by atoms with van der Waals surface area (Å²) in [5.74, 6) is 0. The number of ether oxygens (including phenoxy) is 1.